The molecule has 1 N–H and O–H groups in total. The number of fused-ring (bicyclic) bond motifs is 1. The highest BCUT2D eigenvalue weighted by Crippen LogP contribution is 2.34. The highest BCUT2D eigenvalue weighted by atomic mass is 32.2. The van der Waals surface area contributed by atoms with Crippen molar-refractivity contribution in [2.24, 2.45) is 0 Å². The van der Waals surface area contributed by atoms with E-state index in [-0.39, 0.29) is 0 Å². The zero-order chi connectivity index (χ0) is 8.55. The van der Waals surface area contributed by atoms with E-state index in [0.29, 0.717) is 0 Å². The van der Waals surface area contributed by atoms with Crippen LogP contribution in [-0.2, 0) is 0 Å². The van der Waals surface area contributed by atoms with Crippen molar-refractivity contribution in [3.8, 4) is 0 Å². The summed E-state index contributed by atoms with van der Waals surface area (Å²) in [6.07, 6.45) is 6.18. The molecule has 0 fully saturated rings. The van der Waals surface area contributed by atoms with Gasteiger partial charge in [0.1, 0.15) is 0 Å². The number of hydrogen-bond acceptors (Lipinski definition) is 2. The minimum atomic E-state index is -0.940. The molecular weight excluding hydrogens is 174 g/mol. The summed E-state index contributed by atoms with van der Waals surface area (Å²) < 4.78 is 0. The number of amides is 1. The summed E-state index contributed by atoms with van der Waals surface area (Å²) in [6, 6.07) is 0. The maximum Gasteiger partial charge on any atom is 0.415 e. The fourth-order valence-corrected chi connectivity index (χ4v) is 2.06. The van der Waals surface area contributed by atoms with Gasteiger partial charge < -0.3 is 5.11 Å². The van der Waals surface area contributed by atoms with E-state index in [9.17, 15) is 4.79 Å². The van der Waals surface area contributed by atoms with Crippen LogP contribution in [0.2, 0.25) is 0 Å². The van der Waals surface area contributed by atoms with Crippen molar-refractivity contribution < 1.29 is 9.90 Å². The molecular formula is C8H7NO2S. The molecule has 0 unspecified atom stereocenters. The number of hydrogen-bond donors (Lipinski definition) is 1. The molecule has 1 amide bonds. The molecule has 0 aromatic carbocycles. The Morgan fingerprint density at radius 1 is 1.67 bits per heavy atom. The average Bonchev–Trinajstić information content (AvgIpc) is 2.49. The Hall–Kier alpha value is -1.16. The van der Waals surface area contributed by atoms with Crippen molar-refractivity contribution >= 4 is 17.9 Å². The van der Waals surface area contributed by atoms with Crippen LogP contribution in [0.1, 0.15) is 0 Å². The Morgan fingerprint density at radius 3 is 3.25 bits per heavy atom. The third kappa shape index (κ3) is 1.14. The van der Waals surface area contributed by atoms with Crippen LogP contribution in [0.15, 0.2) is 35.0 Å². The van der Waals surface area contributed by atoms with Gasteiger partial charge >= 0.3 is 6.09 Å². The first-order chi connectivity index (χ1) is 5.77. The van der Waals surface area contributed by atoms with Gasteiger partial charge in [0.05, 0.1) is 0 Å². The van der Waals surface area contributed by atoms with Crippen LogP contribution in [0, 0.1) is 0 Å². The highest BCUT2D eigenvalue weighted by molar-refractivity contribution is 8.03. The first-order valence-electron chi connectivity index (χ1n) is 3.52. The van der Waals surface area contributed by atoms with Gasteiger partial charge in [-0.25, -0.2) is 4.79 Å². The van der Waals surface area contributed by atoms with Crippen molar-refractivity contribution in [2.45, 2.75) is 0 Å². The molecule has 0 bridgehead atoms. The lowest BCUT2D eigenvalue weighted by Gasteiger charge is -2.14. The molecule has 0 radical (unpaired) electrons. The van der Waals surface area contributed by atoms with E-state index in [4.69, 9.17) is 5.11 Å². The standard InChI is InChI=1S/C8H7NO2S/c10-8(11)9-3-1-6-2-4-12-7(6)5-9/h1-3,5H,4H2,(H,10,11). The predicted molar refractivity (Wildman–Crippen MR) is 47.6 cm³/mol. The lowest BCUT2D eigenvalue weighted by Crippen LogP contribution is -2.19. The molecule has 12 heavy (non-hydrogen) atoms. The van der Waals surface area contributed by atoms with Gasteiger partial charge in [0.15, 0.2) is 0 Å². The van der Waals surface area contributed by atoms with Crippen molar-refractivity contribution in [2.75, 3.05) is 5.75 Å². The molecule has 2 heterocycles. The molecule has 2 aliphatic rings. The second-order valence-electron chi connectivity index (χ2n) is 2.47. The summed E-state index contributed by atoms with van der Waals surface area (Å²) >= 11 is 1.66. The van der Waals surface area contributed by atoms with Crippen molar-refractivity contribution in [3.63, 3.8) is 0 Å². The van der Waals surface area contributed by atoms with Crippen molar-refractivity contribution in [1.82, 2.24) is 4.90 Å². The maximum atomic E-state index is 10.5. The summed E-state index contributed by atoms with van der Waals surface area (Å²) in [5, 5.41) is 8.66. The molecule has 62 valence electrons. The Kier molecular flexibility index (Phi) is 1.69. The van der Waals surface area contributed by atoms with Crippen LogP contribution < -0.4 is 0 Å². The highest BCUT2D eigenvalue weighted by Gasteiger charge is 2.17. The molecule has 0 atom stereocenters. The molecule has 0 aromatic rings. The molecule has 0 aromatic heterocycles. The Balaban J connectivity index is 2.28. The molecule has 0 spiro atoms. The molecule has 0 saturated carbocycles. The molecule has 3 nitrogen and oxygen atoms in total. The zero-order valence-corrected chi connectivity index (χ0v) is 7.04. The number of allylic oxidation sites excluding steroid dienone is 2. The Labute approximate surface area is 74.1 Å². The normalized spacial score (nSPS) is 20.2. The summed E-state index contributed by atoms with van der Waals surface area (Å²) in [5.74, 6) is 0.943. The van der Waals surface area contributed by atoms with E-state index < -0.39 is 6.09 Å². The van der Waals surface area contributed by atoms with Gasteiger partial charge in [0.2, 0.25) is 0 Å². The van der Waals surface area contributed by atoms with Gasteiger partial charge in [0.25, 0.3) is 0 Å². The quantitative estimate of drug-likeness (QED) is 0.621. The van der Waals surface area contributed by atoms with Gasteiger partial charge in [-0.15, -0.1) is 11.8 Å². The maximum absolute atomic E-state index is 10.5. The molecule has 0 aliphatic carbocycles. The van der Waals surface area contributed by atoms with Crippen LogP contribution in [0.3, 0.4) is 0 Å². The zero-order valence-electron chi connectivity index (χ0n) is 6.23. The largest absolute Gasteiger partial charge is 0.464 e. The number of nitrogens with zero attached hydrogens (tertiary/aromatic N) is 1. The van der Waals surface area contributed by atoms with Gasteiger partial charge in [-0.1, -0.05) is 6.08 Å². The number of thioether (sulfide) groups is 1. The van der Waals surface area contributed by atoms with Crippen LogP contribution >= 0.6 is 11.8 Å². The van der Waals surface area contributed by atoms with E-state index >= 15 is 0 Å². The van der Waals surface area contributed by atoms with Crippen molar-refractivity contribution in [1.29, 1.82) is 0 Å². The van der Waals surface area contributed by atoms with Crippen LogP contribution in [-0.4, -0.2) is 21.9 Å². The smallest absolute Gasteiger partial charge is 0.415 e. The summed E-state index contributed by atoms with van der Waals surface area (Å²) in [6.45, 7) is 0. The lowest BCUT2D eigenvalue weighted by molar-refractivity contribution is 0.175. The van der Waals surface area contributed by atoms with Crippen LogP contribution in [0.25, 0.3) is 0 Å². The Bertz CT molecular complexity index is 317. The minimum Gasteiger partial charge on any atom is -0.464 e. The Morgan fingerprint density at radius 2 is 2.50 bits per heavy atom. The van der Waals surface area contributed by atoms with Gasteiger partial charge in [-0.05, 0) is 11.6 Å². The first-order valence-corrected chi connectivity index (χ1v) is 4.50. The molecule has 4 heteroatoms. The second kappa shape index (κ2) is 2.71. The summed E-state index contributed by atoms with van der Waals surface area (Å²) in [5.41, 5.74) is 1.14. The van der Waals surface area contributed by atoms with E-state index in [1.54, 1.807) is 24.2 Å². The third-order valence-electron chi connectivity index (χ3n) is 1.72. The SMILES string of the molecule is O=C(O)N1C=CC2=CCSC2=C1. The first kappa shape index (κ1) is 7.49. The molecule has 0 saturated heterocycles. The number of carboxylic acid groups (broad SMARTS) is 1. The second-order valence-corrected chi connectivity index (χ2v) is 3.53. The summed E-state index contributed by atoms with van der Waals surface area (Å²) in [7, 11) is 0. The molecule has 2 aliphatic heterocycles. The van der Waals surface area contributed by atoms with E-state index in [2.05, 4.69) is 6.08 Å². The van der Waals surface area contributed by atoms with Crippen LogP contribution in [0.5, 0.6) is 0 Å². The van der Waals surface area contributed by atoms with Gasteiger partial charge in [0, 0.05) is 23.1 Å². The average molecular weight is 181 g/mol. The topological polar surface area (TPSA) is 40.5 Å². The summed E-state index contributed by atoms with van der Waals surface area (Å²) in [4.78, 5) is 12.8. The van der Waals surface area contributed by atoms with Gasteiger partial charge in [-0.2, -0.15) is 0 Å². The fraction of sp³-hybridized carbons (Fsp3) is 0.125. The monoisotopic (exact) mass is 181 g/mol. The lowest BCUT2D eigenvalue weighted by atomic mass is 10.2. The molecule has 2 rings (SSSR count). The predicted octanol–water partition coefficient (Wildman–Crippen LogP) is 2.01. The van der Waals surface area contributed by atoms with E-state index in [1.165, 1.54) is 4.90 Å². The van der Waals surface area contributed by atoms with Gasteiger partial charge in [-0.3, -0.25) is 4.90 Å². The van der Waals surface area contributed by atoms with E-state index in [1.807, 2.05) is 6.08 Å². The van der Waals surface area contributed by atoms with E-state index in [0.717, 1.165) is 16.2 Å². The van der Waals surface area contributed by atoms with Crippen molar-refractivity contribution in [3.05, 3.63) is 35.0 Å². The number of rotatable bonds is 0. The number of carbonyl (C=O) groups is 1. The third-order valence-corrected chi connectivity index (χ3v) is 2.70. The minimum absolute atomic E-state index is 0.940. The van der Waals surface area contributed by atoms with Crippen LogP contribution in [0.4, 0.5) is 4.79 Å². The fourth-order valence-electron chi connectivity index (χ4n) is 1.12.